The molecule has 30 heavy (non-hydrogen) atoms. The van der Waals surface area contributed by atoms with Crippen molar-refractivity contribution in [1.82, 2.24) is 0 Å². The number of hydrogen-bond donors (Lipinski definition) is 0. The molecule has 152 valence electrons. The van der Waals surface area contributed by atoms with E-state index in [0.717, 1.165) is 5.39 Å². The lowest BCUT2D eigenvalue weighted by Gasteiger charge is -2.15. The van der Waals surface area contributed by atoms with Gasteiger partial charge in [-0.15, -0.1) is 0 Å². The van der Waals surface area contributed by atoms with Gasteiger partial charge >= 0.3 is 17.2 Å². The molecule has 0 N–H and O–H groups in total. The van der Waals surface area contributed by atoms with Crippen molar-refractivity contribution in [3.05, 3.63) is 74.9 Å². The summed E-state index contributed by atoms with van der Waals surface area (Å²) >= 11 is 0. The largest absolute Gasteiger partial charge is 0.479 e. The summed E-state index contributed by atoms with van der Waals surface area (Å²) in [6.45, 7) is 3.26. The molecule has 0 aliphatic carbocycles. The third kappa shape index (κ3) is 3.34. The maximum Gasteiger partial charge on any atom is 0.346 e. The molecular formula is C23H18O7. The van der Waals surface area contributed by atoms with Crippen LogP contribution in [0, 0.1) is 6.92 Å². The fourth-order valence-corrected chi connectivity index (χ4v) is 3.35. The van der Waals surface area contributed by atoms with Crippen LogP contribution < -0.4 is 16.0 Å². The van der Waals surface area contributed by atoms with Crippen LogP contribution in [0.3, 0.4) is 0 Å². The summed E-state index contributed by atoms with van der Waals surface area (Å²) in [5.74, 6) is -0.162. The minimum absolute atomic E-state index is 0.252. The molecule has 2 heterocycles. The van der Waals surface area contributed by atoms with Crippen LogP contribution in [0.4, 0.5) is 0 Å². The first-order valence-corrected chi connectivity index (χ1v) is 9.24. The lowest BCUT2D eigenvalue weighted by molar-refractivity contribution is -0.147. The fourth-order valence-electron chi connectivity index (χ4n) is 3.35. The van der Waals surface area contributed by atoms with Gasteiger partial charge in [-0.05, 0) is 38.1 Å². The smallest absolute Gasteiger partial charge is 0.346 e. The summed E-state index contributed by atoms with van der Waals surface area (Å²) in [6, 6.07) is 13.4. The highest BCUT2D eigenvalue weighted by Gasteiger charge is 2.20. The second-order valence-corrected chi connectivity index (χ2v) is 6.81. The molecule has 2 aromatic heterocycles. The first-order valence-electron chi connectivity index (χ1n) is 9.24. The number of carbonyl (C=O) groups is 1. The third-order valence-corrected chi connectivity index (χ3v) is 4.88. The van der Waals surface area contributed by atoms with Gasteiger partial charge < -0.3 is 18.3 Å². The molecule has 0 amide bonds. The Labute approximate surface area is 170 Å². The highest BCUT2D eigenvalue weighted by atomic mass is 16.6. The Bertz CT molecular complexity index is 1390. The van der Waals surface area contributed by atoms with E-state index in [9.17, 15) is 14.4 Å². The van der Waals surface area contributed by atoms with Gasteiger partial charge in [-0.25, -0.2) is 14.4 Å². The predicted octanol–water partition coefficient (Wildman–Crippen LogP) is 3.82. The molecule has 0 fully saturated rings. The number of esters is 1. The predicted molar refractivity (Wildman–Crippen MR) is 111 cm³/mol. The average molecular weight is 406 g/mol. The lowest BCUT2D eigenvalue weighted by atomic mass is 10.0. The molecular weight excluding hydrogens is 388 g/mol. The van der Waals surface area contributed by atoms with Gasteiger partial charge in [0.2, 0.25) is 0 Å². The Morgan fingerprint density at radius 2 is 1.77 bits per heavy atom. The molecule has 1 atom stereocenters. The number of fused-ring (bicyclic) bond motifs is 2. The van der Waals surface area contributed by atoms with Gasteiger partial charge in [-0.3, -0.25) is 0 Å². The molecule has 0 saturated heterocycles. The van der Waals surface area contributed by atoms with E-state index in [2.05, 4.69) is 4.74 Å². The summed E-state index contributed by atoms with van der Waals surface area (Å²) < 4.78 is 21.2. The molecule has 0 saturated carbocycles. The van der Waals surface area contributed by atoms with E-state index >= 15 is 0 Å². The van der Waals surface area contributed by atoms with Crippen molar-refractivity contribution in [2.45, 2.75) is 20.0 Å². The van der Waals surface area contributed by atoms with Crippen LogP contribution >= 0.6 is 0 Å². The number of methoxy groups -OCH3 is 1. The van der Waals surface area contributed by atoms with Gasteiger partial charge in [0, 0.05) is 28.0 Å². The van der Waals surface area contributed by atoms with E-state index in [-0.39, 0.29) is 11.1 Å². The normalized spacial score (nSPS) is 12.1. The Kier molecular flexibility index (Phi) is 4.87. The zero-order valence-electron chi connectivity index (χ0n) is 16.6. The van der Waals surface area contributed by atoms with Crippen molar-refractivity contribution >= 4 is 27.9 Å². The molecule has 7 nitrogen and oxygen atoms in total. The minimum Gasteiger partial charge on any atom is -0.479 e. The summed E-state index contributed by atoms with van der Waals surface area (Å²) in [5, 5.41) is 1.28. The number of rotatable bonds is 4. The van der Waals surface area contributed by atoms with E-state index in [0.29, 0.717) is 27.8 Å². The molecule has 4 aromatic rings. The second kappa shape index (κ2) is 7.51. The van der Waals surface area contributed by atoms with Crippen LogP contribution in [-0.2, 0) is 9.53 Å². The summed E-state index contributed by atoms with van der Waals surface area (Å²) in [4.78, 5) is 36.6. The van der Waals surface area contributed by atoms with E-state index in [1.54, 1.807) is 44.2 Å². The standard InChI is InChI=1S/C23H18O7/c1-12-18(28-13(2)22(25)27-3)9-8-15-16(11-20(24)30-21(12)15)17-10-14-6-4-5-7-19(14)29-23(17)26/h4-11,13H,1-3H3/t13-/m1/s1. The first-order chi connectivity index (χ1) is 14.4. The minimum atomic E-state index is -0.839. The topological polar surface area (TPSA) is 96.0 Å². The number of ether oxygens (including phenoxy) is 2. The van der Waals surface area contributed by atoms with E-state index in [1.165, 1.54) is 13.2 Å². The molecule has 0 bridgehead atoms. The number of aryl methyl sites for hydroxylation is 1. The molecule has 4 rings (SSSR count). The van der Waals surface area contributed by atoms with E-state index in [4.69, 9.17) is 13.6 Å². The number of hydrogen-bond acceptors (Lipinski definition) is 7. The lowest BCUT2D eigenvalue weighted by Crippen LogP contribution is -2.25. The average Bonchev–Trinajstić information content (AvgIpc) is 2.74. The maximum atomic E-state index is 12.6. The monoisotopic (exact) mass is 406 g/mol. The quantitative estimate of drug-likeness (QED) is 0.375. The molecule has 0 unspecified atom stereocenters. The van der Waals surface area contributed by atoms with Crippen LogP contribution in [0.25, 0.3) is 33.1 Å². The second-order valence-electron chi connectivity index (χ2n) is 6.81. The van der Waals surface area contributed by atoms with Crippen molar-refractivity contribution < 1.29 is 23.1 Å². The van der Waals surface area contributed by atoms with E-state index < -0.39 is 23.3 Å². The van der Waals surface area contributed by atoms with Gasteiger partial charge in [-0.1, -0.05) is 18.2 Å². The molecule has 0 aliphatic heterocycles. The molecule has 0 radical (unpaired) electrons. The summed E-state index contributed by atoms with van der Waals surface area (Å²) in [6.07, 6.45) is -0.839. The van der Waals surface area contributed by atoms with Crippen LogP contribution in [0.2, 0.25) is 0 Å². The molecule has 0 aliphatic rings. The van der Waals surface area contributed by atoms with Gasteiger partial charge in [0.25, 0.3) is 0 Å². The van der Waals surface area contributed by atoms with Crippen molar-refractivity contribution in [3.8, 4) is 16.9 Å². The SMILES string of the molecule is COC(=O)[C@@H](C)Oc1ccc2c(-c3cc4ccccc4oc3=O)cc(=O)oc2c1C. The van der Waals surface area contributed by atoms with Crippen molar-refractivity contribution in [2.75, 3.05) is 7.11 Å². The van der Waals surface area contributed by atoms with Crippen molar-refractivity contribution in [3.63, 3.8) is 0 Å². The summed E-state index contributed by atoms with van der Waals surface area (Å²) in [7, 11) is 1.27. The van der Waals surface area contributed by atoms with E-state index in [1.807, 2.05) is 12.1 Å². The number of para-hydroxylation sites is 1. The number of carbonyl (C=O) groups excluding carboxylic acids is 1. The fraction of sp³-hybridized carbons (Fsp3) is 0.174. The zero-order valence-corrected chi connectivity index (χ0v) is 16.6. The summed E-state index contributed by atoms with van der Waals surface area (Å²) in [5.41, 5.74) is 0.720. The molecule has 0 spiro atoms. The van der Waals surface area contributed by atoms with Gasteiger partial charge in [0.05, 0.1) is 12.7 Å². The van der Waals surface area contributed by atoms with Gasteiger partial charge in [0.15, 0.2) is 6.10 Å². The van der Waals surface area contributed by atoms with Crippen LogP contribution in [0.5, 0.6) is 5.75 Å². The van der Waals surface area contributed by atoms with Crippen LogP contribution in [0.15, 0.2) is 67.0 Å². The molecule has 2 aromatic carbocycles. The Balaban J connectivity index is 1.92. The molecule has 7 heteroatoms. The Morgan fingerprint density at radius 3 is 2.53 bits per heavy atom. The van der Waals surface area contributed by atoms with Crippen LogP contribution in [-0.4, -0.2) is 19.2 Å². The Hall–Kier alpha value is -3.87. The van der Waals surface area contributed by atoms with Gasteiger partial charge in [0.1, 0.15) is 16.9 Å². The van der Waals surface area contributed by atoms with Crippen molar-refractivity contribution in [1.29, 1.82) is 0 Å². The van der Waals surface area contributed by atoms with Gasteiger partial charge in [-0.2, -0.15) is 0 Å². The highest BCUT2D eigenvalue weighted by molar-refractivity contribution is 5.97. The third-order valence-electron chi connectivity index (χ3n) is 4.88. The first kappa shape index (κ1) is 19.4. The van der Waals surface area contributed by atoms with Crippen LogP contribution in [0.1, 0.15) is 12.5 Å². The number of benzene rings is 2. The zero-order chi connectivity index (χ0) is 21.4. The van der Waals surface area contributed by atoms with Crippen molar-refractivity contribution in [2.24, 2.45) is 0 Å². The highest BCUT2D eigenvalue weighted by Crippen LogP contribution is 2.33. The maximum absolute atomic E-state index is 12.6. The Morgan fingerprint density at radius 1 is 1.00 bits per heavy atom.